The minimum atomic E-state index is -0.996. The lowest BCUT2D eigenvalue weighted by Gasteiger charge is -2.07. The minimum Gasteiger partial charge on any atom is -0.480 e. The lowest BCUT2D eigenvalue weighted by atomic mass is 10.0. The van der Waals surface area contributed by atoms with Gasteiger partial charge in [0.2, 0.25) is 5.16 Å². The molecule has 0 radical (unpaired) electrons. The first kappa shape index (κ1) is 17.1. The number of carboxylic acid groups (broad SMARTS) is 1. The van der Waals surface area contributed by atoms with Crippen molar-refractivity contribution >= 4 is 17.7 Å². The lowest BCUT2D eigenvalue weighted by molar-refractivity contribution is -0.138. The summed E-state index contributed by atoms with van der Waals surface area (Å²) in [4.78, 5) is 19.3. The maximum absolute atomic E-state index is 10.9. The van der Waals surface area contributed by atoms with Crippen molar-refractivity contribution < 1.29 is 9.90 Å². The molecule has 0 saturated heterocycles. The number of nitrogens with one attached hydrogen (secondary N) is 1. The Morgan fingerprint density at radius 3 is 2.76 bits per heavy atom. The summed E-state index contributed by atoms with van der Waals surface area (Å²) in [6.45, 7) is 0. The van der Waals surface area contributed by atoms with Crippen molar-refractivity contribution in [3.8, 4) is 11.4 Å². The van der Waals surface area contributed by atoms with E-state index < -0.39 is 12.0 Å². The number of nitrogens with zero attached hydrogens (tertiary/aromatic N) is 3. The second-order valence-corrected chi connectivity index (χ2v) is 6.40. The summed E-state index contributed by atoms with van der Waals surface area (Å²) in [6.07, 6.45) is 3.72. The van der Waals surface area contributed by atoms with Crippen LogP contribution in [0.2, 0.25) is 0 Å². The molecule has 0 unspecified atom stereocenters. The predicted molar refractivity (Wildman–Crippen MR) is 94.9 cm³/mol. The second-order valence-electron chi connectivity index (χ2n) is 5.46. The summed E-state index contributed by atoms with van der Waals surface area (Å²) in [6, 6.07) is 10.6. The summed E-state index contributed by atoms with van der Waals surface area (Å²) in [7, 11) is 0. The monoisotopic (exact) mass is 355 g/mol. The third-order valence-electron chi connectivity index (χ3n) is 3.55. The van der Waals surface area contributed by atoms with Crippen molar-refractivity contribution in [1.29, 1.82) is 0 Å². The molecule has 4 N–H and O–H groups in total. The molecule has 7 nitrogen and oxygen atoms in total. The summed E-state index contributed by atoms with van der Waals surface area (Å²) in [5, 5.41) is 16.7. The number of hydrogen-bond acceptors (Lipinski definition) is 6. The molecule has 0 fully saturated rings. The molecule has 0 amide bonds. The summed E-state index contributed by atoms with van der Waals surface area (Å²) >= 11 is 1.51. The zero-order chi connectivity index (χ0) is 17.6. The van der Waals surface area contributed by atoms with Crippen LogP contribution in [0.1, 0.15) is 11.1 Å². The summed E-state index contributed by atoms with van der Waals surface area (Å²) < 4.78 is 0. The smallest absolute Gasteiger partial charge is 0.320 e. The molecule has 128 valence electrons. The fraction of sp³-hybridized carbons (Fsp3) is 0.176. The third kappa shape index (κ3) is 4.65. The Hall–Kier alpha value is -2.71. The molecule has 25 heavy (non-hydrogen) atoms. The number of aliphatic carboxylic acids is 1. The van der Waals surface area contributed by atoms with Crippen LogP contribution in [0.4, 0.5) is 0 Å². The molecular formula is C17H17N5O2S. The van der Waals surface area contributed by atoms with Gasteiger partial charge in [-0.1, -0.05) is 36.0 Å². The van der Waals surface area contributed by atoms with Gasteiger partial charge in [-0.3, -0.25) is 14.9 Å². The van der Waals surface area contributed by atoms with Crippen LogP contribution in [0.3, 0.4) is 0 Å². The Kier molecular flexibility index (Phi) is 5.42. The highest BCUT2D eigenvalue weighted by Crippen LogP contribution is 2.22. The second kappa shape index (κ2) is 7.91. The number of rotatable bonds is 7. The number of thioether (sulfide) groups is 1. The zero-order valence-electron chi connectivity index (χ0n) is 13.3. The molecule has 0 spiro atoms. The topological polar surface area (TPSA) is 118 Å². The van der Waals surface area contributed by atoms with Gasteiger partial charge in [0.1, 0.15) is 6.04 Å². The molecule has 0 aliphatic rings. The van der Waals surface area contributed by atoms with E-state index in [9.17, 15) is 4.79 Å². The van der Waals surface area contributed by atoms with Crippen molar-refractivity contribution in [2.45, 2.75) is 23.4 Å². The highest BCUT2D eigenvalue weighted by molar-refractivity contribution is 7.98. The number of nitrogens with two attached hydrogens (primary N) is 1. The fourth-order valence-electron chi connectivity index (χ4n) is 2.29. The van der Waals surface area contributed by atoms with Crippen molar-refractivity contribution in [2.24, 2.45) is 5.73 Å². The van der Waals surface area contributed by atoms with Gasteiger partial charge in [0.05, 0.1) is 0 Å². The Labute approximate surface area is 148 Å². The molecule has 8 heteroatoms. The van der Waals surface area contributed by atoms with E-state index in [-0.39, 0.29) is 0 Å². The number of H-pyrrole nitrogens is 1. The first-order valence-electron chi connectivity index (χ1n) is 7.63. The molecule has 1 atom stereocenters. The number of aromatic nitrogens is 4. The largest absolute Gasteiger partial charge is 0.480 e. The zero-order valence-corrected chi connectivity index (χ0v) is 14.1. The van der Waals surface area contributed by atoms with Gasteiger partial charge in [-0.2, -0.15) is 0 Å². The fourth-order valence-corrected chi connectivity index (χ4v) is 3.03. The Bertz CT molecular complexity index is 853. The summed E-state index contributed by atoms with van der Waals surface area (Å²) in [5.41, 5.74) is 8.49. The molecule has 0 bridgehead atoms. The Balaban J connectivity index is 1.62. The van der Waals surface area contributed by atoms with Gasteiger partial charge >= 0.3 is 5.97 Å². The van der Waals surface area contributed by atoms with Crippen LogP contribution in [0, 0.1) is 0 Å². The maximum atomic E-state index is 10.9. The van der Waals surface area contributed by atoms with E-state index in [2.05, 4.69) is 20.2 Å². The minimum absolute atomic E-state index is 0.306. The van der Waals surface area contributed by atoms with E-state index in [0.29, 0.717) is 23.2 Å². The molecule has 0 aliphatic carbocycles. The SMILES string of the molecule is N[C@@H](Cc1cccc(CSc2n[nH]c(-c3ccncc3)n2)c1)C(=O)O. The average molecular weight is 355 g/mol. The van der Waals surface area contributed by atoms with Gasteiger partial charge in [-0.15, -0.1) is 5.10 Å². The van der Waals surface area contributed by atoms with E-state index in [4.69, 9.17) is 10.8 Å². The normalized spacial score (nSPS) is 12.0. The molecule has 2 aromatic heterocycles. The van der Waals surface area contributed by atoms with E-state index in [0.717, 1.165) is 16.7 Å². The van der Waals surface area contributed by atoms with Crippen LogP contribution in [-0.4, -0.2) is 37.3 Å². The van der Waals surface area contributed by atoms with Gasteiger partial charge in [0.25, 0.3) is 0 Å². The van der Waals surface area contributed by atoms with Gasteiger partial charge in [-0.05, 0) is 29.7 Å². The summed E-state index contributed by atoms with van der Waals surface area (Å²) in [5.74, 6) is 0.388. The van der Waals surface area contributed by atoms with Crippen LogP contribution in [0.15, 0.2) is 53.9 Å². The molecule has 3 aromatic rings. The van der Waals surface area contributed by atoms with E-state index >= 15 is 0 Å². The Morgan fingerprint density at radius 1 is 1.24 bits per heavy atom. The van der Waals surface area contributed by atoms with Gasteiger partial charge in [-0.25, -0.2) is 4.98 Å². The first-order chi connectivity index (χ1) is 12.1. The van der Waals surface area contributed by atoms with Crippen molar-refractivity contribution in [3.63, 3.8) is 0 Å². The van der Waals surface area contributed by atoms with E-state index in [1.807, 2.05) is 36.4 Å². The molecule has 3 rings (SSSR count). The molecular weight excluding hydrogens is 338 g/mol. The van der Waals surface area contributed by atoms with Crippen molar-refractivity contribution in [3.05, 3.63) is 59.9 Å². The number of benzene rings is 1. The van der Waals surface area contributed by atoms with E-state index in [1.54, 1.807) is 12.4 Å². The molecule has 0 saturated carbocycles. The van der Waals surface area contributed by atoms with E-state index in [1.165, 1.54) is 11.8 Å². The number of aromatic amines is 1. The van der Waals surface area contributed by atoms with Crippen molar-refractivity contribution in [2.75, 3.05) is 0 Å². The number of carboxylic acids is 1. The Morgan fingerprint density at radius 2 is 2.00 bits per heavy atom. The molecule has 2 heterocycles. The van der Waals surface area contributed by atoms with Gasteiger partial charge in [0.15, 0.2) is 5.82 Å². The number of pyridine rings is 1. The van der Waals surface area contributed by atoms with Gasteiger partial charge < -0.3 is 10.8 Å². The molecule has 1 aromatic carbocycles. The van der Waals surface area contributed by atoms with Crippen LogP contribution < -0.4 is 5.73 Å². The number of hydrogen-bond donors (Lipinski definition) is 3. The van der Waals surface area contributed by atoms with Crippen LogP contribution in [0.25, 0.3) is 11.4 Å². The predicted octanol–water partition coefficient (Wildman–Crippen LogP) is 2.11. The molecule has 0 aliphatic heterocycles. The average Bonchev–Trinajstić information content (AvgIpc) is 3.10. The lowest BCUT2D eigenvalue weighted by Crippen LogP contribution is -2.32. The standard InChI is InChI=1S/C17H17N5O2S/c18-14(16(23)24)9-11-2-1-3-12(8-11)10-25-17-20-15(21-22-17)13-4-6-19-7-5-13/h1-8,14H,9-10,18H2,(H,23,24)(H,20,21,22)/t14-/m0/s1. The van der Waals surface area contributed by atoms with Crippen molar-refractivity contribution in [1.82, 2.24) is 20.2 Å². The van der Waals surface area contributed by atoms with Gasteiger partial charge in [0, 0.05) is 23.7 Å². The van der Waals surface area contributed by atoms with Crippen LogP contribution in [0.5, 0.6) is 0 Å². The number of carbonyl (C=O) groups is 1. The first-order valence-corrected chi connectivity index (χ1v) is 8.62. The van der Waals surface area contributed by atoms with Crippen LogP contribution >= 0.6 is 11.8 Å². The highest BCUT2D eigenvalue weighted by Gasteiger charge is 2.12. The maximum Gasteiger partial charge on any atom is 0.320 e. The van der Waals surface area contributed by atoms with Crippen LogP contribution in [-0.2, 0) is 17.0 Å². The third-order valence-corrected chi connectivity index (χ3v) is 4.47. The highest BCUT2D eigenvalue weighted by atomic mass is 32.2. The quantitative estimate of drug-likeness (QED) is 0.556.